The Morgan fingerprint density at radius 3 is 2.41 bits per heavy atom. The first-order chi connectivity index (χ1) is 13.9. The number of unbranched alkanes of at least 4 members (excludes halogenated alkanes) is 1. The van der Waals surface area contributed by atoms with Crippen molar-refractivity contribution in [1.29, 1.82) is 0 Å². The van der Waals surface area contributed by atoms with Gasteiger partial charge in [-0.3, -0.25) is 25.1 Å². The topological polar surface area (TPSA) is 94.5 Å². The van der Waals surface area contributed by atoms with Crippen molar-refractivity contribution >= 4 is 29.5 Å². The molecule has 0 aliphatic rings. The molecule has 9 heteroatoms. The number of nitrogens with zero attached hydrogens (tertiary/aromatic N) is 2. The maximum absolute atomic E-state index is 12.3. The lowest BCUT2D eigenvalue weighted by molar-refractivity contribution is -0.117. The summed E-state index contributed by atoms with van der Waals surface area (Å²) < 4.78 is 12.0. The maximum atomic E-state index is 12.3. The van der Waals surface area contributed by atoms with Gasteiger partial charge in [-0.15, -0.1) is 0 Å². The molecule has 0 aliphatic carbocycles. The predicted octanol–water partition coefficient (Wildman–Crippen LogP) is 3.14. The Hall–Kier alpha value is -3.00. The molecule has 2 N–H and O–H groups in total. The van der Waals surface area contributed by atoms with Crippen molar-refractivity contribution in [3.05, 3.63) is 46.2 Å². The predicted molar refractivity (Wildman–Crippen MR) is 111 cm³/mol. The van der Waals surface area contributed by atoms with E-state index in [1.807, 2.05) is 6.92 Å². The molecule has 2 amide bonds. The quantitative estimate of drug-likeness (QED) is 0.505. The van der Waals surface area contributed by atoms with E-state index in [0.717, 1.165) is 25.1 Å². The van der Waals surface area contributed by atoms with Gasteiger partial charge in [-0.1, -0.05) is 24.9 Å². The molecule has 0 spiro atoms. The Morgan fingerprint density at radius 2 is 1.83 bits per heavy atom. The number of aryl methyl sites for hydroxylation is 2. The molecule has 2 rings (SSSR count). The fraction of sp³-hybridized carbons (Fsp3) is 0.350. The lowest BCUT2D eigenvalue weighted by Gasteiger charge is -2.09. The number of halogens is 1. The smallest absolute Gasteiger partial charge is 0.269 e. The molecule has 0 fully saturated rings. The van der Waals surface area contributed by atoms with E-state index in [2.05, 4.69) is 22.9 Å². The number of nitrogens with one attached hydrogen (secondary N) is 2. The fourth-order valence-electron chi connectivity index (χ4n) is 2.54. The van der Waals surface area contributed by atoms with Crippen LogP contribution in [0.15, 0.2) is 24.3 Å². The minimum atomic E-state index is -0.509. The number of carbonyl (C=O) groups excluding carboxylic acids is 2. The molecule has 0 saturated heterocycles. The van der Waals surface area contributed by atoms with E-state index >= 15 is 0 Å². The third kappa shape index (κ3) is 5.99. The Labute approximate surface area is 174 Å². The van der Waals surface area contributed by atoms with Crippen LogP contribution in [0.1, 0.15) is 41.4 Å². The summed E-state index contributed by atoms with van der Waals surface area (Å²) >= 11 is 6.34. The van der Waals surface area contributed by atoms with Crippen LogP contribution < -0.4 is 20.3 Å². The summed E-state index contributed by atoms with van der Waals surface area (Å²) in [5, 5.41) is 4.86. The molecule has 1 aromatic carbocycles. The van der Waals surface area contributed by atoms with Crippen LogP contribution >= 0.6 is 11.6 Å². The first-order valence-electron chi connectivity index (χ1n) is 9.14. The normalized spacial score (nSPS) is 10.8. The molecule has 1 aromatic heterocycles. The molecule has 29 heavy (non-hydrogen) atoms. The van der Waals surface area contributed by atoms with Crippen LogP contribution in [0, 0.1) is 6.92 Å². The van der Waals surface area contributed by atoms with Gasteiger partial charge >= 0.3 is 0 Å². The van der Waals surface area contributed by atoms with Crippen LogP contribution in [0.4, 0.5) is 0 Å². The number of hydrazine groups is 1. The van der Waals surface area contributed by atoms with Gasteiger partial charge in [0.05, 0.1) is 19.9 Å². The third-order valence-electron chi connectivity index (χ3n) is 4.15. The van der Waals surface area contributed by atoms with E-state index in [9.17, 15) is 9.59 Å². The van der Waals surface area contributed by atoms with Gasteiger partial charge < -0.3 is 9.47 Å². The summed E-state index contributed by atoms with van der Waals surface area (Å²) in [6.45, 7) is 4.63. The van der Waals surface area contributed by atoms with Gasteiger partial charge in [0.15, 0.2) is 0 Å². The monoisotopic (exact) mass is 420 g/mol. The van der Waals surface area contributed by atoms with Crippen LogP contribution in [0.2, 0.25) is 5.15 Å². The second kappa shape index (κ2) is 10.5. The minimum absolute atomic E-state index is 0.279. The molecule has 2 aromatic rings. The molecule has 0 radical (unpaired) electrons. The average molecular weight is 421 g/mol. The SMILES string of the molecule is CCCCn1nc(C)c(/C=C/C(=O)NNC(=O)c2cc(OC)cc(OC)c2)c1Cl. The second-order valence-electron chi connectivity index (χ2n) is 6.24. The van der Waals surface area contributed by atoms with E-state index in [1.165, 1.54) is 32.4 Å². The Kier molecular flexibility index (Phi) is 8.09. The molecule has 156 valence electrons. The molecular weight excluding hydrogens is 396 g/mol. The number of hydrogen-bond acceptors (Lipinski definition) is 5. The molecule has 8 nitrogen and oxygen atoms in total. The molecule has 0 aliphatic heterocycles. The number of methoxy groups -OCH3 is 2. The molecule has 0 unspecified atom stereocenters. The highest BCUT2D eigenvalue weighted by Gasteiger charge is 2.12. The first kappa shape index (κ1) is 22.3. The fourth-order valence-corrected chi connectivity index (χ4v) is 2.86. The summed E-state index contributed by atoms with van der Waals surface area (Å²) in [6, 6.07) is 4.71. The van der Waals surface area contributed by atoms with Gasteiger partial charge in [-0.2, -0.15) is 5.10 Å². The Bertz CT molecular complexity index is 886. The van der Waals surface area contributed by atoms with Gasteiger partial charge in [0, 0.05) is 29.8 Å². The zero-order chi connectivity index (χ0) is 21.4. The van der Waals surface area contributed by atoms with Crippen LogP contribution in [0.25, 0.3) is 6.08 Å². The van der Waals surface area contributed by atoms with E-state index < -0.39 is 11.8 Å². The van der Waals surface area contributed by atoms with Gasteiger partial charge in [0.2, 0.25) is 0 Å². The Morgan fingerprint density at radius 1 is 1.17 bits per heavy atom. The van der Waals surface area contributed by atoms with Crippen molar-refractivity contribution in [1.82, 2.24) is 20.6 Å². The van der Waals surface area contributed by atoms with Crippen molar-refractivity contribution in [3.8, 4) is 11.5 Å². The highest BCUT2D eigenvalue weighted by molar-refractivity contribution is 6.31. The molecule has 0 bridgehead atoms. The number of carbonyl (C=O) groups is 2. The first-order valence-corrected chi connectivity index (χ1v) is 9.51. The highest BCUT2D eigenvalue weighted by Crippen LogP contribution is 2.23. The average Bonchev–Trinajstić information content (AvgIpc) is 3.00. The van der Waals surface area contributed by atoms with Gasteiger partial charge in [-0.25, -0.2) is 0 Å². The van der Waals surface area contributed by atoms with Crippen LogP contribution in [-0.2, 0) is 11.3 Å². The number of hydrogen-bond donors (Lipinski definition) is 2. The summed E-state index contributed by atoms with van der Waals surface area (Å²) in [5.41, 5.74) is 6.35. The van der Waals surface area contributed by atoms with Crippen LogP contribution in [0.5, 0.6) is 11.5 Å². The standard InChI is InChI=1S/C20H25ClN4O4/c1-5-6-9-25-19(21)17(13(2)24-25)7-8-18(26)22-23-20(27)14-10-15(28-3)12-16(11-14)29-4/h7-8,10-12H,5-6,9H2,1-4H3,(H,22,26)(H,23,27)/b8-7+. The maximum Gasteiger partial charge on any atom is 0.269 e. The second-order valence-corrected chi connectivity index (χ2v) is 6.60. The number of aromatic nitrogens is 2. The lowest BCUT2D eigenvalue weighted by atomic mass is 10.2. The summed E-state index contributed by atoms with van der Waals surface area (Å²) in [4.78, 5) is 24.3. The van der Waals surface area contributed by atoms with Crippen molar-refractivity contribution in [2.75, 3.05) is 14.2 Å². The number of amides is 2. The Balaban J connectivity index is 2.00. The van der Waals surface area contributed by atoms with Gasteiger partial charge in [0.1, 0.15) is 16.7 Å². The summed E-state index contributed by atoms with van der Waals surface area (Å²) in [7, 11) is 2.97. The zero-order valence-corrected chi connectivity index (χ0v) is 17.7. The summed E-state index contributed by atoms with van der Waals surface area (Å²) in [5.74, 6) is -0.0904. The largest absolute Gasteiger partial charge is 0.497 e. The third-order valence-corrected chi connectivity index (χ3v) is 4.55. The number of benzene rings is 1. The molecular formula is C20H25ClN4O4. The molecule has 0 saturated carbocycles. The van der Waals surface area contributed by atoms with E-state index in [4.69, 9.17) is 21.1 Å². The molecule has 1 heterocycles. The molecule has 0 atom stereocenters. The number of rotatable bonds is 8. The van der Waals surface area contributed by atoms with Crippen LogP contribution in [0.3, 0.4) is 0 Å². The minimum Gasteiger partial charge on any atom is -0.497 e. The lowest BCUT2D eigenvalue weighted by Crippen LogP contribution is -2.40. The van der Waals surface area contributed by atoms with E-state index in [1.54, 1.807) is 16.8 Å². The highest BCUT2D eigenvalue weighted by atomic mass is 35.5. The zero-order valence-electron chi connectivity index (χ0n) is 16.9. The van der Waals surface area contributed by atoms with E-state index in [-0.39, 0.29) is 5.56 Å². The van der Waals surface area contributed by atoms with Crippen molar-refractivity contribution in [2.24, 2.45) is 0 Å². The van der Waals surface area contributed by atoms with Crippen molar-refractivity contribution in [2.45, 2.75) is 33.2 Å². The van der Waals surface area contributed by atoms with Crippen LogP contribution in [-0.4, -0.2) is 35.8 Å². The van der Waals surface area contributed by atoms with Crippen molar-refractivity contribution in [3.63, 3.8) is 0 Å². The van der Waals surface area contributed by atoms with Gasteiger partial charge in [0.25, 0.3) is 11.8 Å². The van der Waals surface area contributed by atoms with E-state index in [0.29, 0.717) is 22.2 Å². The van der Waals surface area contributed by atoms with Gasteiger partial charge in [-0.05, 0) is 31.6 Å². The summed E-state index contributed by atoms with van der Waals surface area (Å²) in [6.07, 6.45) is 4.85. The van der Waals surface area contributed by atoms with Crippen molar-refractivity contribution < 1.29 is 19.1 Å². The number of ether oxygens (including phenoxy) is 2.